The van der Waals surface area contributed by atoms with Gasteiger partial charge < -0.3 is 14.6 Å². The van der Waals surface area contributed by atoms with Gasteiger partial charge in [0.1, 0.15) is 5.58 Å². The topological polar surface area (TPSA) is 62.6 Å². The molecule has 3 aromatic carbocycles. The van der Waals surface area contributed by atoms with Crippen LogP contribution < -0.4 is 15.6 Å². The predicted molar refractivity (Wildman–Crippen MR) is 121 cm³/mol. The largest absolute Gasteiger partial charge is 0.451 e. The third-order valence-electron chi connectivity index (χ3n) is 4.81. The van der Waals surface area contributed by atoms with Gasteiger partial charge >= 0.3 is 0 Å². The second-order valence-electron chi connectivity index (χ2n) is 7.27. The van der Waals surface area contributed by atoms with Gasteiger partial charge in [-0.25, -0.2) is 0 Å². The van der Waals surface area contributed by atoms with Crippen LogP contribution in [0.3, 0.4) is 0 Å². The van der Waals surface area contributed by atoms with Gasteiger partial charge in [-0.2, -0.15) is 0 Å². The number of rotatable bonds is 5. The zero-order valence-corrected chi connectivity index (χ0v) is 16.8. The lowest BCUT2D eigenvalue weighted by molar-refractivity contribution is 0.0997. The van der Waals surface area contributed by atoms with Crippen LogP contribution in [0, 0.1) is 0 Å². The molecule has 0 spiro atoms. The summed E-state index contributed by atoms with van der Waals surface area (Å²) in [5, 5.41) is 3.25. The first-order valence-electron chi connectivity index (χ1n) is 9.81. The SMILES string of the molecule is CC(C)N(c1ccccc1)c1ccc(NC(=O)c2cc(=O)c3ccccc3o2)cc1. The smallest absolute Gasteiger partial charge is 0.291 e. The van der Waals surface area contributed by atoms with E-state index in [9.17, 15) is 9.59 Å². The summed E-state index contributed by atoms with van der Waals surface area (Å²) in [4.78, 5) is 27.0. The van der Waals surface area contributed by atoms with E-state index in [-0.39, 0.29) is 17.2 Å². The molecule has 0 aliphatic heterocycles. The maximum absolute atomic E-state index is 12.6. The molecule has 0 aliphatic rings. The van der Waals surface area contributed by atoms with Gasteiger partial charge in [0.05, 0.1) is 5.39 Å². The van der Waals surface area contributed by atoms with E-state index in [0.29, 0.717) is 16.7 Å². The Morgan fingerprint density at radius 2 is 1.50 bits per heavy atom. The molecule has 0 bridgehead atoms. The molecule has 0 fully saturated rings. The summed E-state index contributed by atoms with van der Waals surface area (Å²) < 4.78 is 5.61. The second-order valence-corrected chi connectivity index (χ2v) is 7.27. The van der Waals surface area contributed by atoms with Crippen molar-refractivity contribution in [3.8, 4) is 0 Å². The highest BCUT2D eigenvalue weighted by Gasteiger charge is 2.15. The van der Waals surface area contributed by atoms with E-state index in [1.807, 2.05) is 42.5 Å². The van der Waals surface area contributed by atoms with E-state index in [1.54, 1.807) is 24.3 Å². The molecule has 1 aromatic heterocycles. The number of hydrogen-bond acceptors (Lipinski definition) is 4. The van der Waals surface area contributed by atoms with Crippen molar-refractivity contribution in [1.29, 1.82) is 0 Å². The third-order valence-corrected chi connectivity index (χ3v) is 4.81. The maximum Gasteiger partial charge on any atom is 0.291 e. The summed E-state index contributed by atoms with van der Waals surface area (Å²) in [6, 6.07) is 26.1. The summed E-state index contributed by atoms with van der Waals surface area (Å²) >= 11 is 0. The first kappa shape index (κ1) is 19.5. The summed E-state index contributed by atoms with van der Waals surface area (Å²) in [6.07, 6.45) is 0. The van der Waals surface area contributed by atoms with Crippen LogP contribution in [0.4, 0.5) is 17.1 Å². The normalized spacial score (nSPS) is 10.9. The molecule has 4 rings (SSSR count). The van der Waals surface area contributed by atoms with Crippen LogP contribution in [-0.2, 0) is 0 Å². The number of amides is 1. The first-order chi connectivity index (χ1) is 14.5. The van der Waals surface area contributed by atoms with Gasteiger partial charge in [0.15, 0.2) is 11.2 Å². The molecule has 0 aliphatic carbocycles. The molecule has 150 valence electrons. The summed E-state index contributed by atoms with van der Waals surface area (Å²) in [7, 11) is 0. The van der Waals surface area contributed by atoms with Crippen LogP contribution in [-0.4, -0.2) is 11.9 Å². The average molecular weight is 398 g/mol. The molecule has 30 heavy (non-hydrogen) atoms. The molecule has 1 amide bonds. The number of hydrogen-bond donors (Lipinski definition) is 1. The highest BCUT2D eigenvalue weighted by molar-refractivity contribution is 6.03. The van der Waals surface area contributed by atoms with Crippen LogP contribution in [0.2, 0.25) is 0 Å². The fourth-order valence-corrected chi connectivity index (χ4v) is 3.45. The van der Waals surface area contributed by atoms with E-state index in [2.05, 4.69) is 36.2 Å². The van der Waals surface area contributed by atoms with Crippen molar-refractivity contribution < 1.29 is 9.21 Å². The highest BCUT2D eigenvalue weighted by atomic mass is 16.3. The number of carbonyl (C=O) groups excluding carboxylic acids is 1. The van der Waals surface area contributed by atoms with Crippen LogP contribution in [0.25, 0.3) is 11.0 Å². The predicted octanol–water partition coefficient (Wildman–Crippen LogP) is 5.59. The minimum atomic E-state index is -0.464. The minimum Gasteiger partial charge on any atom is -0.451 e. The average Bonchev–Trinajstić information content (AvgIpc) is 2.75. The van der Waals surface area contributed by atoms with E-state index in [4.69, 9.17) is 4.42 Å². The zero-order valence-electron chi connectivity index (χ0n) is 16.8. The molecular weight excluding hydrogens is 376 g/mol. The molecular formula is C25H22N2O3. The second kappa shape index (κ2) is 8.25. The first-order valence-corrected chi connectivity index (χ1v) is 9.81. The standard InChI is InChI=1S/C25H22N2O3/c1-17(2)27(19-8-4-3-5-9-19)20-14-12-18(13-15-20)26-25(29)24-16-22(28)21-10-6-7-11-23(21)30-24/h3-17H,1-2H3,(H,26,29). The number of benzene rings is 3. The molecule has 0 saturated heterocycles. The van der Waals surface area contributed by atoms with Crippen molar-refractivity contribution in [1.82, 2.24) is 0 Å². The Labute approximate surface area is 174 Å². The molecule has 0 radical (unpaired) electrons. The summed E-state index contributed by atoms with van der Waals surface area (Å²) in [6.45, 7) is 4.26. The lowest BCUT2D eigenvalue weighted by Crippen LogP contribution is -2.25. The van der Waals surface area contributed by atoms with Gasteiger partial charge in [-0.1, -0.05) is 30.3 Å². The molecule has 5 heteroatoms. The molecule has 0 saturated carbocycles. The number of nitrogens with zero attached hydrogens (tertiary/aromatic N) is 1. The highest BCUT2D eigenvalue weighted by Crippen LogP contribution is 2.28. The van der Waals surface area contributed by atoms with Crippen molar-refractivity contribution in [3.63, 3.8) is 0 Å². The van der Waals surface area contributed by atoms with Gasteiger partial charge in [0.25, 0.3) is 5.91 Å². The molecule has 1 N–H and O–H groups in total. The Morgan fingerprint density at radius 1 is 0.867 bits per heavy atom. The van der Waals surface area contributed by atoms with Gasteiger partial charge in [0, 0.05) is 29.2 Å². The van der Waals surface area contributed by atoms with Crippen LogP contribution >= 0.6 is 0 Å². The Kier molecular flexibility index (Phi) is 5.35. The van der Waals surface area contributed by atoms with E-state index < -0.39 is 5.91 Å². The fraction of sp³-hybridized carbons (Fsp3) is 0.120. The van der Waals surface area contributed by atoms with Crippen LogP contribution in [0.1, 0.15) is 24.4 Å². The number of fused-ring (bicyclic) bond motifs is 1. The van der Waals surface area contributed by atoms with Gasteiger partial charge in [0.2, 0.25) is 0 Å². The third kappa shape index (κ3) is 3.96. The van der Waals surface area contributed by atoms with Gasteiger partial charge in [-0.3, -0.25) is 9.59 Å². The molecule has 0 unspecified atom stereocenters. The molecule has 4 aromatic rings. The van der Waals surface area contributed by atoms with Crippen LogP contribution in [0.15, 0.2) is 94.1 Å². The van der Waals surface area contributed by atoms with Crippen molar-refractivity contribution in [3.05, 3.63) is 101 Å². The number of carbonyl (C=O) groups is 1. The maximum atomic E-state index is 12.6. The van der Waals surface area contributed by atoms with E-state index in [0.717, 1.165) is 11.4 Å². The van der Waals surface area contributed by atoms with Crippen molar-refractivity contribution in [2.45, 2.75) is 19.9 Å². The number of nitrogens with one attached hydrogen (secondary N) is 1. The minimum absolute atomic E-state index is 0.0177. The zero-order chi connectivity index (χ0) is 21.1. The van der Waals surface area contributed by atoms with Gasteiger partial charge in [-0.15, -0.1) is 0 Å². The summed E-state index contributed by atoms with van der Waals surface area (Å²) in [5.41, 5.74) is 2.89. The Balaban J connectivity index is 1.56. The van der Waals surface area contributed by atoms with Crippen molar-refractivity contribution in [2.24, 2.45) is 0 Å². The monoisotopic (exact) mass is 398 g/mol. The lowest BCUT2D eigenvalue weighted by atomic mass is 10.1. The Hall–Kier alpha value is -3.86. The molecule has 5 nitrogen and oxygen atoms in total. The molecule has 0 atom stereocenters. The van der Waals surface area contributed by atoms with E-state index >= 15 is 0 Å². The van der Waals surface area contributed by atoms with E-state index in [1.165, 1.54) is 6.07 Å². The number of para-hydroxylation sites is 2. The Morgan fingerprint density at radius 3 is 2.20 bits per heavy atom. The fourth-order valence-electron chi connectivity index (χ4n) is 3.45. The van der Waals surface area contributed by atoms with Gasteiger partial charge in [-0.05, 0) is 62.4 Å². The van der Waals surface area contributed by atoms with Crippen LogP contribution in [0.5, 0.6) is 0 Å². The quantitative estimate of drug-likeness (QED) is 0.476. The summed E-state index contributed by atoms with van der Waals surface area (Å²) in [5.74, 6) is -0.481. The molecule has 1 heterocycles. The van der Waals surface area contributed by atoms with Crippen molar-refractivity contribution in [2.75, 3.05) is 10.2 Å². The Bertz CT molecular complexity index is 1230. The number of anilines is 3. The lowest BCUT2D eigenvalue weighted by Gasteiger charge is -2.29. The van der Waals surface area contributed by atoms with Crippen molar-refractivity contribution >= 4 is 33.9 Å².